The summed E-state index contributed by atoms with van der Waals surface area (Å²) in [5, 5.41) is 0. The van der Waals surface area contributed by atoms with E-state index in [1.165, 1.54) is 0 Å². The molecule has 4 heteroatoms. The Morgan fingerprint density at radius 3 is 2.68 bits per heavy atom. The second-order valence-corrected chi connectivity index (χ2v) is 4.95. The fourth-order valence-corrected chi connectivity index (χ4v) is 2.33. The molecule has 19 heavy (non-hydrogen) atoms. The molecule has 1 aliphatic heterocycles. The number of hydrogen-bond acceptors (Lipinski definition) is 3. The van der Waals surface area contributed by atoms with Crippen LogP contribution < -0.4 is 5.73 Å². The molecular weight excluding hydrogens is 240 g/mol. The van der Waals surface area contributed by atoms with Crippen LogP contribution in [0.4, 0.5) is 5.69 Å². The van der Waals surface area contributed by atoms with E-state index in [1.807, 2.05) is 36.1 Å². The monoisotopic (exact) mass is 262 g/mol. The first-order valence-electron chi connectivity index (χ1n) is 6.95. The van der Waals surface area contributed by atoms with Crippen LogP contribution in [0.15, 0.2) is 24.3 Å². The van der Waals surface area contributed by atoms with Gasteiger partial charge in [-0.2, -0.15) is 0 Å². The average molecular weight is 262 g/mol. The highest BCUT2D eigenvalue weighted by atomic mass is 16.5. The minimum absolute atomic E-state index is 0.110. The van der Waals surface area contributed by atoms with Gasteiger partial charge in [0.1, 0.15) is 6.10 Å². The number of benzene rings is 1. The first-order chi connectivity index (χ1) is 9.20. The van der Waals surface area contributed by atoms with Gasteiger partial charge in [0.25, 0.3) is 5.91 Å². The Bertz CT molecular complexity index is 411. The first kappa shape index (κ1) is 13.9. The molecule has 1 fully saturated rings. The molecule has 0 bridgehead atoms. The zero-order valence-electron chi connectivity index (χ0n) is 11.5. The quantitative estimate of drug-likeness (QED) is 0.846. The lowest BCUT2D eigenvalue weighted by molar-refractivity contribution is -0.146. The van der Waals surface area contributed by atoms with Crippen molar-refractivity contribution >= 4 is 11.6 Å². The van der Waals surface area contributed by atoms with E-state index in [0.717, 1.165) is 30.5 Å². The minimum Gasteiger partial charge on any atom is -0.399 e. The van der Waals surface area contributed by atoms with Crippen molar-refractivity contribution in [2.45, 2.75) is 38.8 Å². The number of anilines is 1. The number of likely N-dealkylation sites (N-methyl/N-ethyl adjacent to an activating group) is 1. The van der Waals surface area contributed by atoms with Crippen molar-refractivity contribution in [2.75, 3.05) is 18.9 Å². The highest BCUT2D eigenvalue weighted by molar-refractivity contribution is 5.81. The molecule has 1 aromatic carbocycles. The highest BCUT2D eigenvalue weighted by Gasteiger charge is 2.26. The lowest BCUT2D eigenvalue weighted by Gasteiger charge is -2.28. The topological polar surface area (TPSA) is 55.6 Å². The van der Waals surface area contributed by atoms with Crippen LogP contribution in [0.5, 0.6) is 0 Å². The summed E-state index contributed by atoms with van der Waals surface area (Å²) in [5.74, 6) is 0.110. The molecule has 0 aliphatic carbocycles. The summed E-state index contributed by atoms with van der Waals surface area (Å²) in [6, 6.07) is 7.66. The fraction of sp³-hybridized carbons (Fsp3) is 0.533. The Morgan fingerprint density at radius 2 is 2.11 bits per heavy atom. The lowest BCUT2D eigenvalue weighted by atomic mass is 10.1. The van der Waals surface area contributed by atoms with Crippen LogP contribution in [0.3, 0.4) is 0 Å². The minimum atomic E-state index is -0.248. The van der Waals surface area contributed by atoms with Crippen molar-refractivity contribution in [3.05, 3.63) is 29.8 Å². The maximum Gasteiger partial charge on any atom is 0.251 e. The number of nitrogens with zero attached hydrogens (tertiary/aromatic N) is 1. The van der Waals surface area contributed by atoms with Crippen molar-refractivity contribution in [1.29, 1.82) is 0 Å². The van der Waals surface area contributed by atoms with Crippen LogP contribution in [0, 0.1) is 0 Å². The number of ether oxygens (including phenoxy) is 1. The fourth-order valence-electron chi connectivity index (χ4n) is 2.33. The van der Waals surface area contributed by atoms with Gasteiger partial charge in [-0.3, -0.25) is 4.79 Å². The zero-order chi connectivity index (χ0) is 13.7. The van der Waals surface area contributed by atoms with E-state index in [9.17, 15) is 4.79 Å². The standard InChI is InChI=1S/C15H22N2O2/c1-2-17(11-12-6-8-13(16)9-7-12)15(18)14-5-3-4-10-19-14/h6-9,14H,2-5,10-11,16H2,1H3. The van der Waals surface area contributed by atoms with Crippen LogP contribution in [0.25, 0.3) is 0 Å². The van der Waals surface area contributed by atoms with Gasteiger partial charge < -0.3 is 15.4 Å². The summed E-state index contributed by atoms with van der Waals surface area (Å²) in [6.45, 7) is 4.02. The molecule has 0 saturated carbocycles. The maximum atomic E-state index is 12.4. The van der Waals surface area contributed by atoms with Gasteiger partial charge in [0.05, 0.1) is 0 Å². The molecule has 104 valence electrons. The van der Waals surface area contributed by atoms with E-state index in [2.05, 4.69) is 0 Å². The molecule has 2 N–H and O–H groups in total. The smallest absolute Gasteiger partial charge is 0.251 e. The molecule has 1 atom stereocenters. The van der Waals surface area contributed by atoms with Crippen molar-refractivity contribution in [3.8, 4) is 0 Å². The van der Waals surface area contributed by atoms with E-state index >= 15 is 0 Å². The highest BCUT2D eigenvalue weighted by Crippen LogP contribution is 2.17. The van der Waals surface area contributed by atoms with Gasteiger partial charge in [-0.05, 0) is 43.9 Å². The molecule has 2 rings (SSSR count). The lowest BCUT2D eigenvalue weighted by Crippen LogP contribution is -2.41. The van der Waals surface area contributed by atoms with E-state index in [0.29, 0.717) is 19.7 Å². The summed E-state index contributed by atoms with van der Waals surface area (Å²) >= 11 is 0. The number of rotatable bonds is 4. The number of hydrogen-bond donors (Lipinski definition) is 1. The molecule has 1 aliphatic rings. The van der Waals surface area contributed by atoms with Gasteiger partial charge in [-0.15, -0.1) is 0 Å². The summed E-state index contributed by atoms with van der Waals surface area (Å²) in [5.41, 5.74) is 7.51. The summed E-state index contributed by atoms with van der Waals surface area (Å²) < 4.78 is 5.57. The zero-order valence-corrected chi connectivity index (χ0v) is 11.5. The first-order valence-corrected chi connectivity index (χ1v) is 6.95. The molecule has 4 nitrogen and oxygen atoms in total. The number of amides is 1. The van der Waals surface area contributed by atoms with E-state index in [-0.39, 0.29) is 12.0 Å². The molecule has 0 spiro atoms. The van der Waals surface area contributed by atoms with Crippen molar-refractivity contribution in [3.63, 3.8) is 0 Å². The third kappa shape index (κ3) is 3.70. The molecule has 1 amide bonds. The van der Waals surface area contributed by atoms with Crippen molar-refractivity contribution < 1.29 is 9.53 Å². The van der Waals surface area contributed by atoms with Gasteiger partial charge in [0.2, 0.25) is 0 Å². The number of nitrogen functional groups attached to an aromatic ring is 1. The van der Waals surface area contributed by atoms with Gasteiger partial charge in [0, 0.05) is 25.4 Å². The molecule has 0 radical (unpaired) electrons. The van der Waals surface area contributed by atoms with Gasteiger partial charge in [-0.25, -0.2) is 0 Å². The third-order valence-electron chi connectivity index (χ3n) is 3.50. The molecule has 1 aromatic rings. The Kier molecular flexibility index (Phi) is 4.80. The Balaban J connectivity index is 1.98. The Morgan fingerprint density at radius 1 is 1.37 bits per heavy atom. The van der Waals surface area contributed by atoms with Crippen LogP contribution in [-0.4, -0.2) is 30.1 Å². The molecule has 1 heterocycles. The van der Waals surface area contributed by atoms with E-state index < -0.39 is 0 Å². The number of carbonyl (C=O) groups excluding carboxylic acids is 1. The Hall–Kier alpha value is -1.55. The molecule has 1 unspecified atom stereocenters. The second kappa shape index (κ2) is 6.57. The van der Waals surface area contributed by atoms with Crippen LogP contribution >= 0.6 is 0 Å². The number of carbonyl (C=O) groups is 1. The van der Waals surface area contributed by atoms with E-state index in [1.54, 1.807) is 0 Å². The SMILES string of the molecule is CCN(Cc1ccc(N)cc1)C(=O)C1CCCCO1. The van der Waals surface area contributed by atoms with Crippen LogP contribution in [0.2, 0.25) is 0 Å². The molecule has 0 aromatic heterocycles. The van der Waals surface area contributed by atoms with Gasteiger partial charge in [0.15, 0.2) is 0 Å². The van der Waals surface area contributed by atoms with Gasteiger partial charge in [-0.1, -0.05) is 12.1 Å². The second-order valence-electron chi connectivity index (χ2n) is 4.95. The third-order valence-corrected chi connectivity index (χ3v) is 3.50. The van der Waals surface area contributed by atoms with Gasteiger partial charge >= 0.3 is 0 Å². The maximum absolute atomic E-state index is 12.4. The Labute approximate surface area is 114 Å². The average Bonchev–Trinajstić information content (AvgIpc) is 2.47. The van der Waals surface area contributed by atoms with Crippen LogP contribution in [-0.2, 0) is 16.1 Å². The largest absolute Gasteiger partial charge is 0.399 e. The van der Waals surface area contributed by atoms with Crippen molar-refractivity contribution in [1.82, 2.24) is 4.90 Å². The predicted molar refractivity (Wildman–Crippen MR) is 75.5 cm³/mol. The molecule has 1 saturated heterocycles. The predicted octanol–water partition coefficient (Wildman–Crippen LogP) is 2.19. The summed E-state index contributed by atoms with van der Waals surface area (Å²) in [6.07, 6.45) is 2.74. The van der Waals surface area contributed by atoms with E-state index in [4.69, 9.17) is 10.5 Å². The van der Waals surface area contributed by atoms with Crippen molar-refractivity contribution in [2.24, 2.45) is 0 Å². The summed E-state index contributed by atoms with van der Waals surface area (Å²) in [4.78, 5) is 14.2. The number of nitrogens with two attached hydrogens (primary N) is 1. The summed E-state index contributed by atoms with van der Waals surface area (Å²) in [7, 11) is 0. The molecular formula is C15H22N2O2. The van der Waals surface area contributed by atoms with Crippen LogP contribution in [0.1, 0.15) is 31.7 Å². The normalized spacial score (nSPS) is 19.1.